The summed E-state index contributed by atoms with van der Waals surface area (Å²) in [5.41, 5.74) is 3.33. The number of hydrogen-bond donors (Lipinski definition) is 1. The molecule has 192 valence electrons. The second kappa shape index (κ2) is 11.2. The molecule has 2 aromatic heterocycles. The Bertz CT molecular complexity index is 1490. The van der Waals surface area contributed by atoms with E-state index < -0.39 is 17.7 Å². The fourth-order valence-electron chi connectivity index (χ4n) is 4.11. The molecule has 5 rings (SSSR count). The zero-order valence-electron chi connectivity index (χ0n) is 20.7. The van der Waals surface area contributed by atoms with E-state index in [0.717, 1.165) is 5.56 Å². The van der Waals surface area contributed by atoms with Gasteiger partial charge in [0.15, 0.2) is 4.34 Å². The van der Waals surface area contributed by atoms with Gasteiger partial charge in [0.25, 0.3) is 5.78 Å². The zero-order chi connectivity index (χ0) is 26.6. The van der Waals surface area contributed by atoms with E-state index >= 15 is 0 Å². The number of anilines is 1. The predicted octanol–water partition coefficient (Wildman–Crippen LogP) is 5.56. The van der Waals surface area contributed by atoms with E-state index in [9.17, 15) is 14.7 Å². The van der Waals surface area contributed by atoms with Crippen LogP contribution < -0.4 is 9.64 Å². The average Bonchev–Trinajstić information content (AvgIpc) is 3.51. The molecule has 38 heavy (non-hydrogen) atoms. The molecule has 2 aromatic carbocycles. The predicted molar refractivity (Wildman–Crippen MR) is 147 cm³/mol. The second-order valence-corrected chi connectivity index (χ2v) is 10.7. The van der Waals surface area contributed by atoms with Crippen LogP contribution in [-0.4, -0.2) is 38.6 Å². The minimum absolute atomic E-state index is 0.0191. The van der Waals surface area contributed by atoms with Gasteiger partial charge < -0.3 is 9.84 Å². The van der Waals surface area contributed by atoms with Crippen molar-refractivity contribution >= 4 is 45.7 Å². The van der Waals surface area contributed by atoms with Gasteiger partial charge in [-0.25, -0.2) is 0 Å². The molecule has 10 heteroatoms. The lowest BCUT2D eigenvalue weighted by molar-refractivity contribution is -0.132. The molecule has 0 radical (unpaired) electrons. The van der Waals surface area contributed by atoms with Gasteiger partial charge in [0.1, 0.15) is 11.5 Å². The van der Waals surface area contributed by atoms with E-state index in [-0.39, 0.29) is 16.5 Å². The van der Waals surface area contributed by atoms with Crippen molar-refractivity contribution in [1.82, 2.24) is 15.2 Å². The summed E-state index contributed by atoms with van der Waals surface area (Å²) >= 11 is 2.74. The highest BCUT2D eigenvalue weighted by Gasteiger charge is 2.48. The third-order valence-electron chi connectivity index (χ3n) is 5.99. The first-order chi connectivity index (χ1) is 18.5. The zero-order valence-corrected chi connectivity index (χ0v) is 22.3. The van der Waals surface area contributed by atoms with Crippen LogP contribution in [0.15, 0.2) is 83.0 Å². The molecule has 0 saturated carbocycles. The number of carbonyl (C=O) groups is 2. The number of rotatable bonds is 8. The number of hydrogen-bond acceptors (Lipinski definition) is 9. The fraction of sp³-hybridized carbons (Fsp3) is 0.179. The Morgan fingerprint density at radius 1 is 1.03 bits per heavy atom. The van der Waals surface area contributed by atoms with E-state index in [2.05, 4.69) is 39.4 Å². The fourth-order valence-corrected chi connectivity index (χ4v) is 5.93. The van der Waals surface area contributed by atoms with Gasteiger partial charge in [-0.3, -0.25) is 19.5 Å². The molecule has 1 saturated heterocycles. The van der Waals surface area contributed by atoms with E-state index in [1.807, 2.05) is 13.8 Å². The van der Waals surface area contributed by atoms with Gasteiger partial charge in [-0.05, 0) is 61.4 Å². The Labute approximate surface area is 228 Å². The lowest BCUT2D eigenvalue weighted by Crippen LogP contribution is -2.29. The summed E-state index contributed by atoms with van der Waals surface area (Å²) < 4.78 is 6.14. The van der Waals surface area contributed by atoms with Gasteiger partial charge in [-0.15, -0.1) is 10.2 Å². The minimum Gasteiger partial charge on any atom is -0.507 e. The maximum atomic E-state index is 13.3. The molecule has 8 nitrogen and oxygen atoms in total. The van der Waals surface area contributed by atoms with Gasteiger partial charge in [0, 0.05) is 23.7 Å². The van der Waals surface area contributed by atoms with Crippen molar-refractivity contribution in [2.45, 2.75) is 30.0 Å². The molecule has 1 aliphatic heterocycles. The van der Waals surface area contributed by atoms with Crippen LogP contribution >= 0.6 is 23.1 Å². The van der Waals surface area contributed by atoms with Crippen LogP contribution in [0.4, 0.5) is 5.13 Å². The van der Waals surface area contributed by atoms with Crippen LogP contribution in [-0.2, 0) is 15.3 Å². The van der Waals surface area contributed by atoms with Crippen molar-refractivity contribution in [3.63, 3.8) is 0 Å². The highest BCUT2D eigenvalue weighted by atomic mass is 32.2. The quantitative estimate of drug-likeness (QED) is 0.101. The van der Waals surface area contributed by atoms with Crippen LogP contribution in [0.2, 0.25) is 0 Å². The van der Waals surface area contributed by atoms with Crippen LogP contribution in [0.3, 0.4) is 0 Å². The summed E-state index contributed by atoms with van der Waals surface area (Å²) in [6.45, 7) is 4.42. The van der Waals surface area contributed by atoms with Crippen molar-refractivity contribution in [2.24, 2.45) is 0 Å². The SMILES string of the molecule is CCOc1ccc(/C(O)=C2/C(=O)C(=O)N(c3nnc(SCc4ccc(C)cc4)s3)C2c2ccncc2)cc1. The Morgan fingerprint density at radius 2 is 1.74 bits per heavy atom. The van der Waals surface area contributed by atoms with E-state index in [4.69, 9.17) is 4.74 Å². The minimum atomic E-state index is -0.882. The van der Waals surface area contributed by atoms with Crippen molar-refractivity contribution in [2.75, 3.05) is 11.5 Å². The normalized spacial score (nSPS) is 16.7. The molecule has 1 fully saturated rings. The Balaban J connectivity index is 1.50. The molecular formula is C28H24N4O4S2. The summed E-state index contributed by atoms with van der Waals surface area (Å²) in [6.07, 6.45) is 3.16. The number of Topliss-reactive ketones (excluding diaryl/α,β-unsaturated/α-hetero) is 1. The van der Waals surface area contributed by atoms with Gasteiger partial charge in [-0.1, -0.05) is 52.9 Å². The Hall–Kier alpha value is -4.02. The molecular weight excluding hydrogens is 520 g/mol. The molecule has 1 amide bonds. The highest BCUT2D eigenvalue weighted by molar-refractivity contribution is 8.00. The number of pyridine rings is 1. The van der Waals surface area contributed by atoms with Gasteiger partial charge in [0.2, 0.25) is 5.13 Å². The van der Waals surface area contributed by atoms with Crippen molar-refractivity contribution in [1.29, 1.82) is 0 Å². The van der Waals surface area contributed by atoms with Crippen molar-refractivity contribution in [3.8, 4) is 5.75 Å². The molecule has 0 spiro atoms. The lowest BCUT2D eigenvalue weighted by atomic mass is 9.96. The highest BCUT2D eigenvalue weighted by Crippen LogP contribution is 2.44. The van der Waals surface area contributed by atoms with Crippen molar-refractivity contribution in [3.05, 3.63) is 101 Å². The van der Waals surface area contributed by atoms with Gasteiger partial charge in [0.05, 0.1) is 18.2 Å². The Morgan fingerprint density at radius 3 is 2.42 bits per heavy atom. The molecule has 4 aromatic rings. The van der Waals surface area contributed by atoms with E-state index in [1.165, 1.54) is 33.6 Å². The summed E-state index contributed by atoms with van der Waals surface area (Å²) in [5.74, 6) is -0.499. The number of aromatic nitrogens is 3. The molecule has 1 aliphatic rings. The van der Waals surface area contributed by atoms with Crippen LogP contribution in [0, 0.1) is 6.92 Å². The number of aliphatic hydroxyl groups is 1. The Kier molecular flexibility index (Phi) is 7.52. The van der Waals surface area contributed by atoms with Gasteiger partial charge >= 0.3 is 5.91 Å². The number of thioether (sulfide) groups is 1. The maximum absolute atomic E-state index is 13.3. The van der Waals surface area contributed by atoms with E-state index in [1.54, 1.807) is 48.8 Å². The average molecular weight is 545 g/mol. The second-order valence-electron chi connectivity index (χ2n) is 8.53. The number of aryl methyl sites for hydroxylation is 1. The third kappa shape index (κ3) is 5.18. The van der Waals surface area contributed by atoms with E-state index in [0.29, 0.717) is 33.6 Å². The first-order valence-electron chi connectivity index (χ1n) is 11.9. The number of aliphatic hydroxyl groups excluding tert-OH is 1. The standard InChI is InChI=1S/C28H24N4O4S2/c1-3-36-21-10-8-20(9-11-21)24(33)22-23(19-12-14-29-15-13-19)32(26(35)25(22)34)27-30-31-28(38-27)37-16-18-6-4-17(2)5-7-18/h4-15,23,33H,3,16H2,1-2H3/b24-22-. The van der Waals surface area contributed by atoms with Crippen molar-refractivity contribution < 1.29 is 19.4 Å². The number of nitrogens with zero attached hydrogens (tertiary/aromatic N) is 4. The first-order valence-corrected chi connectivity index (χ1v) is 13.7. The number of amides is 1. The first kappa shape index (κ1) is 25.6. The summed E-state index contributed by atoms with van der Waals surface area (Å²) in [4.78, 5) is 32.0. The molecule has 1 atom stereocenters. The third-order valence-corrected chi connectivity index (χ3v) is 8.12. The summed E-state index contributed by atoms with van der Waals surface area (Å²) in [5, 5.41) is 20.0. The molecule has 0 bridgehead atoms. The monoisotopic (exact) mass is 544 g/mol. The van der Waals surface area contributed by atoms with Crippen LogP contribution in [0.5, 0.6) is 5.75 Å². The van der Waals surface area contributed by atoms with Gasteiger partial charge in [-0.2, -0.15) is 0 Å². The molecule has 1 unspecified atom stereocenters. The lowest BCUT2D eigenvalue weighted by Gasteiger charge is -2.22. The number of carbonyl (C=O) groups excluding carboxylic acids is 2. The summed E-state index contributed by atoms with van der Waals surface area (Å²) in [7, 11) is 0. The van der Waals surface area contributed by atoms with Crippen LogP contribution in [0.1, 0.15) is 35.2 Å². The number of benzene rings is 2. The number of ketones is 1. The molecule has 3 heterocycles. The largest absolute Gasteiger partial charge is 0.507 e. The number of ether oxygens (including phenoxy) is 1. The molecule has 1 N–H and O–H groups in total. The maximum Gasteiger partial charge on any atom is 0.301 e. The summed E-state index contributed by atoms with van der Waals surface area (Å²) in [6, 6.07) is 17.5. The smallest absolute Gasteiger partial charge is 0.301 e. The topological polar surface area (TPSA) is 106 Å². The van der Waals surface area contributed by atoms with Crippen LogP contribution in [0.25, 0.3) is 5.76 Å². The molecule has 0 aliphatic carbocycles.